The Hall–Kier alpha value is -2.89. The number of ether oxygens (including phenoxy) is 1. The molecule has 0 radical (unpaired) electrons. The Morgan fingerprint density at radius 3 is 2.50 bits per heavy atom. The predicted molar refractivity (Wildman–Crippen MR) is 95.2 cm³/mol. The van der Waals surface area contributed by atoms with E-state index in [1.807, 2.05) is 30.3 Å². The fourth-order valence-corrected chi connectivity index (χ4v) is 3.09. The van der Waals surface area contributed by atoms with Crippen molar-refractivity contribution in [2.45, 2.75) is 31.8 Å². The fraction of sp³-hybridized carbons (Fsp3) is 0.300. The second-order valence-electron chi connectivity index (χ2n) is 6.61. The van der Waals surface area contributed by atoms with Crippen molar-refractivity contribution in [2.75, 3.05) is 7.11 Å². The number of halogens is 1. The first-order chi connectivity index (χ1) is 12.4. The molecule has 0 spiro atoms. The van der Waals surface area contributed by atoms with E-state index in [4.69, 9.17) is 4.74 Å². The molecule has 1 aliphatic heterocycles. The van der Waals surface area contributed by atoms with Gasteiger partial charge in [0, 0.05) is 0 Å². The Morgan fingerprint density at radius 2 is 1.85 bits per heavy atom. The standard InChI is InChI=1S/C20H21FN2O3/c1-20(11-10-14-6-4-3-5-7-14)18(24)23(19(25)22-20)13-15-8-9-17(26-2)16(21)12-15/h3-9,12H,10-11,13H2,1-2H3,(H,22,25). The van der Waals surface area contributed by atoms with E-state index in [9.17, 15) is 14.0 Å². The average molecular weight is 356 g/mol. The largest absolute Gasteiger partial charge is 0.494 e. The molecule has 5 nitrogen and oxygen atoms in total. The number of nitrogens with zero attached hydrogens (tertiary/aromatic N) is 1. The molecule has 1 atom stereocenters. The topological polar surface area (TPSA) is 58.6 Å². The van der Waals surface area contributed by atoms with Crippen LogP contribution in [-0.2, 0) is 17.8 Å². The number of carbonyl (C=O) groups excluding carboxylic acids is 2. The lowest BCUT2D eigenvalue weighted by molar-refractivity contribution is -0.131. The number of benzene rings is 2. The number of aryl methyl sites for hydroxylation is 1. The minimum atomic E-state index is -0.960. The van der Waals surface area contributed by atoms with Crippen LogP contribution < -0.4 is 10.1 Å². The molecule has 136 valence electrons. The Bertz CT molecular complexity index is 825. The normalized spacial score (nSPS) is 19.6. The van der Waals surface area contributed by atoms with Gasteiger partial charge in [0.2, 0.25) is 0 Å². The Labute approximate surface area is 151 Å². The molecule has 0 bridgehead atoms. The van der Waals surface area contributed by atoms with Crippen LogP contribution >= 0.6 is 0 Å². The number of rotatable bonds is 6. The van der Waals surface area contributed by atoms with E-state index in [1.165, 1.54) is 19.2 Å². The molecule has 0 aliphatic carbocycles. The average Bonchev–Trinajstić information content (AvgIpc) is 2.85. The Balaban J connectivity index is 1.71. The molecule has 1 heterocycles. The van der Waals surface area contributed by atoms with Gasteiger partial charge in [-0.3, -0.25) is 9.69 Å². The Kier molecular flexibility index (Phi) is 4.93. The summed E-state index contributed by atoms with van der Waals surface area (Å²) in [6.07, 6.45) is 1.17. The van der Waals surface area contributed by atoms with Gasteiger partial charge in [-0.1, -0.05) is 36.4 Å². The number of urea groups is 1. The highest BCUT2D eigenvalue weighted by molar-refractivity contribution is 6.06. The number of hydrogen-bond acceptors (Lipinski definition) is 3. The van der Waals surface area contributed by atoms with Crippen LogP contribution in [0.25, 0.3) is 0 Å². The van der Waals surface area contributed by atoms with Gasteiger partial charge < -0.3 is 10.1 Å². The summed E-state index contributed by atoms with van der Waals surface area (Å²) in [4.78, 5) is 26.2. The smallest absolute Gasteiger partial charge is 0.325 e. The van der Waals surface area contributed by atoms with Crippen molar-refractivity contribution < 1.29 is 18.7 Å². The zero-order valence-corrected chi connectivity index (χ0v) is 14.8. The van der Waals surface area contributed by atoms with Crippen molar-refractivity contribution >= 4 is 11.9 Å². The van der Waals surface area contributed by atoms with Crippen molar-refractivity contribution in [1.82, 2.24) is 10.2 Å². The molecular weight excluding hydrogens is 335 g/mol. The van der Waals surface area contributed by atoms with Crippen LogP contribution in [0.15, 0.2) is 48.5 Å². The molecule has 1 aliphatic rings. The van der Waals surface area contributed by atoms with Crippen LogP contribution in [-0.4, -0.2) is 29.5 Å². The van der Waals surface area contributed by atoms with Gasteiger partial charge in [0.1, 0.15) is 5.54 Å². The van der Waals surface area contributed by atoms with E-state index in [1.54, 1.807) is 13.0 Å². The third kappa shape index (κ3) is 3.54. The number of hydrogen-bond donors (Lipinski definition) is 1. The summed E-state index contributed by atoms with van der Waals surface area (Å²) in [7, 11) is 1.38. The second-order valence-corrected chi connectivity index (χ2v) is 6.61. The predicted octanol–water partition coefficient (Wildman–Crippen LogP) is 3.28. The van der Waals surface area contributed by atoms with Crippen LogP contribution in [0.3, 0.4) is 0 Å². The number of amides is 3. The second kappa shape index (κ2) is 7.15. The lowest BCUT2D eigenvalue weighted by Gasteiger charge is -2.21. The highest BCUT2D eigenvalue weighted by Crippen LogP contribution is 2.26. The fourth-order valence-electron chi connectivity index (χ4n) is 3.09. The third-order valence-corrected chi connectivity index (χ3v) is 4.66. The van der Waals surface area contributed by atoms with Gasteiger partial charge >= 0.3 is 6.03 Å². The quantitative estimate of drug-likeness (QED) is 0.808. The molecule has 1 unspecified atom stereocenters. The van der Waals surface area contributed by atoms with Gasteiger partial charge in [-0.2, -0.15) is 0 Å². The lowest BCUT2D eigenvalue weighted by atomic mass is 9.93. The van der Waals surface area contributed by atoms with Crippen LogP contribution in [0.1, 0.15) is 24.5 Å². The van der Waals surface area contributed by atoms with Crippen molar-refractivity contribution in [2.24, 2.45) is 0 Å². The summed E-state index contributed by atoms with van der Waals surface area (Å²) in [5, 5.41) is 2.78. The van der Waals surface area contributed by atoms with E-state index >= 15 is 0 Å². The van der Waals surface area contributed by atoms with E-state index in [0.29, 0.717) is 18.4 Å². The van der Waals surface area contributed by atoms with Crippen LogP contribution in [0.2, 0.25) is 0 Å². The molecule has 0 aromatic heterocycles. The van der Waals surface area contributed by atoms with Crippen molar-refractivity contribution in [3.8, 4) is 5.75 Å². The maximum Gasteiger partial charge on any atom is 0.325 e. The minimum absolute atomic E-state index is 0.0203. The monoisotopic (exact) mass is 356 g/mol. The van der Waals surface area contributed by atoms with Crippen LogP contribution in [0.4, 0.5) is 9.18 Å². The molecular formula is C20H21FN2O3. The molecule has 2 aromatic rings. The van der Waals surface area contributed by atoms with Gasteiger partial charge in [0.25, 0.3) is 5.91 Å². The summed E-state index contributed by atoms with van der Waals surface area (Å²) in [6.45, 7) is 1.75. The van der Waals surface area contributed by atoms with Crippen LogP contribution in [0.5, 0.6) is 5.75 Å². The maximum absolute atomic E-state index is 13.9. The van der Waals surface area contributed by atoms with E-state index in [-0.39, 0.29) is 18.2 Å². The first-order valence-electron chi connectivity index (χ1n) is 8.43. The zero-order valence-electron chi connectivity index (χ0n) is 14.8. The van der Waals surface area contributed by atoms with Crippen LogP contribution in [0, 0.1) is 5.82 Å². The molecule has 1 N–H and O–H groups in total. The highest BCUT2D eigenvalue weighted by Gasteiger charge is 2.47. The third-order valence-electron chi connectivity index (χ3n) is 4.66. The number of carbonyl (C=O) groups is 2. The van der Waals surface area contributed by atoms with Crippen molar-refractivity contribution in [3.05, 3.63) is 65.5 Å². The van der Waals surface area contributed by atoms with Crippen molar-refractivity contribution in [3.63, 3.8) is 0 Å². The zero-order chi connectivity index (χ0) is 18.7. The molecule has 0 saturated carbocycles. The summed E-state index contributed by atoms with van der Waals surface area (Å²) in [6, 6.07) is 13.7. The summed E-state index contributed by atoms with van der Waals surface area (Å²) in [5.41, 5.74) is 0.670. The maximum atomic E-state index is 13.9. The summed E-state index contributed by atoms with van der Waals surface area (Å²) < 4.78 is 18.7. The minimum Gasteiger partial charge on any atom is -0.494 e. The van der Waals surface area contributed by atoms with Crippen molar-refractivity contribution in [1.29, 1.82) is 0 Å². The molecule has 6 heteroatoms. The van der Waals surface area contributed by atoms with Gasteiger partial charge in [-0.05, 0) is 43.0 Å². The van der Waals surface area contributed by atoms with Gasteiger partial charge in [-0.25, -0.2) is 9.18 Å². The van der Waals surface area contributed by atoms with E-state index in [2.05, 4.69) is 5.32 Å². The first kappa shape index (κ1) is 17.9. The number of nitrogens with one attached hydrogen (secondary N) is 1. The first-order valence-corrected chi connectivity index (χ1v) is 8.43. The molecule has 26 heavy (non-hydrogen) atoms. The SMILES string of the molecule is COc1ccc(CN2C(=O)NC(C)(CCc3ccccc3)C2=O)cc1F. The molecule has 3 rings (SSSR count). The highest BCUT2D eigenvalue weighted by atomic mass is 19.1. The van der Waals surface area contributed by atoms with E-state index in [0.717, 1.165) is 10.5 Å². The number of imide groups is 1. The molecule has 3 amide bonds. The van der Waals surface area contributed by atoms with Gasteiger partial charge in [0.05, 0.1) is 13.7 Å². The Morgan fingerprint density at radius 1 is 1.12 bits per heavy atom. The molecule has 2 aromatic carbocycles. The number of methoxy groups -OCH3 is 1. The summed E-state index contributed by atoms with van der Waals surface area (Å²) in [5.74, 6) is -0.697. The van der Waals surface area contributed by atoms with Gasteiger partial charge in [0.15, 0.2) is 11.6 Å². The summed E-state index contributed by atoms with van der Waals surface area (Å²) >= 11 is 0. The molecule has 1 fully saturated rings. The van der Waals surface area contributed by atoms with Gasteiger partial charge in [-0.15, -0.1) is 0 Å². The lowest BCUT2D eigenvalue weighted by Crippen LogP contribution is -2.44. The molecule has 1 saturated heterocycles. The van der Waals surface area contributed by atoms with E-state index < -0.39 is 17.4 Å².